The summed E-state index contributed by atoms with van der Waals surface area (Å²) >= 11 is 0. The number of imidazole rings is 1. The summed E-state index contributed by atoms with van der Waals surface area (Å²) in [5, 5.41) is 3.46. The molecule has 1 N–H and O–H groups in total. The SMILES string of the molecule is Cc1ccc(NCc2cn3cccc(C)c3n2)c(C)c1. The van der Waals surface area contributed by atoms with Crippen molar-refractivity contribution in [2.75, 3.05) is 5.32 Å². The highest BCUT2D eigenvalue weighted by atomic mass is 15.0. The van der Waals surface area contributed by atoms with Crippen LogP contribution in [0.2, 0.25) is 0 Å². The number of hydrogen-bond acceptors (Lipinski definition) is 2. The number of nitrogens with one attached hydrogen (secondary N) is 1. The van der Waals surface area contributed by atoms with Gasteiger partial charge in [-0.25, -0.2) is 4.98 Å². The Kier molecular flexibility index (Phi) is 3.18. The van der Waals surface area contributed by atoms with Gasteiger partial charge in [-0.15, -0.1) is 0 Å². The number of fused-ring (bicyclic) bond motifs is 1. The van der Waals surface area contributed by atoms with Crippen LogP contribution in [0, 0.1) is 20.8 Å². The zero-order chi connectivity index (χ0) is 14.1. The second kappa shape index (κ2) is 5.00. The minimum absolute atomic E-state index is 0.741. The Balaban J connectivity index is 1.81. The largest absolute Gasteiger partial charge is 0.379 e. The fraction of sp³-hybridized carbons (Fsp3) is 0.235. The van der Waals surface area contributed by atoms with Crippen molar-refractivity contribution in [3.8, 4) is 0 Å². The summed E-state index contributed by atoms with van der Waals surface area (Å²) in [6.07, 6.45) is 4.12. The normalized spacial score (nSPS) is 10.9. The minimum atomic E-state index is 0.741. The van der Waals surface area contributed by atoms with E-state index in [1.807, 2.05) is 12.3 Å². The van der Waals surface area contributed by atoms with Crippen LogP contribution in [0.4, 0.5) is 5.69 Å². The molecule has 0 aliphatic rings. The van der Waals surface area contributed by atoms with Crippen LogP contribution in [-0.4, -0.2) is 9.38 Å². The van der Waals surface area contributed by atoms with Crippen LogP contribution in [0.5, 0.6) is 0 Å². The van der Waals surface area contributed by atoms with Gasteiger partial charge < -0.3 is 9.72 Å². The van der Waals surface area contributed by atoms with E-state index in [4.69, 9.17) is 0 Å². The minimum Gasteiger partial charge on any atom is -0.379 e. The first kappa shape index (κ1) is 12.7. The molecule has 0 spiro atoms. The molecule has 0 amide bonds. The average Bonchev–Trinajstić information content (AvgIpc) is 2.82. The van der Waals surface area contributed by atoms with Crippen molar-refractivity contribution >= 4 is 11.3 Å². The molecule has 2 heterocycles. The molecule has 0 saturated carbocycles. The summed E-state index contributed by atoms with van der Waals surface area (Å²) in [4.78, 5) is 4.68. The van der Waals surface area contributed by atoms with Crippen LogP contribution < -0.4 is 5.32 Å². The zero-order valence-corrected chi connectivity index (χ0v) is 12.1. The predicted molar refractivity (Wildman–Crippen MR) is 83.2 cm³/mol. The lowest BCUT2D eigenvalue weighted by atomic mass is 10.1. The molecule has 0 radical (unpaired) electrons. The van der Waals surface area contributed by atoms with Gasteiger partial charge >= 0.3 is 0 Å². The first-order chi connectivity index (χ1) is 9.63. The van der Waals surface area contributed by atoms with E-state index >= 15 is 0 Å². The highest BCUT2D eigenvalue weighted by Crippen LogP contribution is 2.17. The maximum Gasteiger partial charge on any atom is 0.140 e. The second-order valence-corrected chi connectivity index (χ2v) is 5.33. The Hall–Kier alpha value is -2.29. The second-order valence-electron chi connectivity index (χ2n) is 5.33. The summed E-state index contributed by atoms with van der Waals surface area (Å²) in [5.41, 5.74) is 7.01. The summed E-state index contributed by atoms with van der Waals surface area (Å²) < 4.78 is 2.08. The molecule has 0 bridgehead atoms. The third kappa shape index (κ3) is 2.39. The number of nitrogens with zero attached hydrogens (tertiary/aromatic N) is 2. The monoisotopic (exact) mass is 265 g/mol. The Morgan fingerprint density at radius 2 is 1.95 bits per heavy atom. The van der Waals surface area contributed by atoms with Gasteiger partial charge in [0.2, 0.25) is 0 Å². The first-order valence-electron chi connectivity index (χ1n) is 6.88. The molecule has 0 aliphatic heterocycles. The van der Waals surface area contributed by atoms with Crippen LogP contribution in [0.1, 0.15) is 22.4 Å². The molecule has 3 heteroatoms. The third-order valence-corrected chi connectivity index (χ3v) is 3.57. The lowest BCUT2D eigenvalue weighted by Crippen LogP contribution is -2.01. The number of aryl methyl sites for hydroxylation is 3. The maximum atomic E-state index is 4.68. The summed E-state index contributed by atoms with van der Waals surface area (Å²) in [7, 11) is 0. The van der Waals surface area contributed by atoms with Gasteiger partial charge in [0.15, 0.2) is 0 Å². The van der Waals surface area contributed by atoms with Gasteiger partial charge in [-0.1, -0.05) is 23.8 Å². The van der Waals surface area contributed by atoms with E-state index in [-0.39, 0.29) is 0 Å². The molecule has 3 rings (SSSR count). The van der Waals surface area contributed by atoms with Crippen LogP contribution in [0.3, 0.4) is 0 Å². The van der Waals surface area contributed by atoms with Crippen LogP contribution in [0.15, 0.2) is 42.7 Å². The Morgan fingerprint density at radius 1 is 1.10 bits per heavy atom. The molecule has 1 aromatic carbocycles. The number of benzene rings is 1. The van der Waals surface area contributed by atoms with Crippen molar-refractivity contribution in [1.82, 2.24) is 9.38 Å². The van der Waals surface area contributed by atoms with E-state index in [0.29, 0.717) is 0 Å². The fourth-order valence-electron chi connectivity index (χ4n) is 2.49. The van der Waals surface area contributed by atoms with Crippen molar-refractivity contribution in [2.45, 2.75) is 27.3 Å². The molecule has 0 atom stereocenters. The summed E-state index contributed by atoms with van der Waals surface area (Å²) in [6.45, 7) is 7.07. The lowest BCUT2D eigenvalue weighted by Gasteiger charge is -2.08. The van der Waals surface area contributed by atoms with Crippen LogP contribution in [-0.2, 0) is 6.54 Å². The van der Waals surface area contributed by atoms with E-state index in [0.717, 1.165) is 17.9 Å². The van der Waals surface area contributed by atoms with Crippen molar-refractivity contribution in [3.05, 3.63) is 65.1 Å². The topological polar surface area (TPSA) is 29.3 Å². The van der Waals surface area contributed by atoms with Gasteiger partial charge in [-0.2, -0.15) is 0 Å². The molecule has 20 heavy (non-hydrogen) atoms. The number of aromatic nitrogens is 2. The van der Waals surface area contributed by atoms with E-state index < -0.39 is 0 Å². The van der Waals surface area contributed by atoms with Crippen LogP contribution in [0.25, 0.3) is 5.65 Å². The average molecular weight is 265 g/mol. The molecule has 3 aromatic rings. The van der Waals surface area contributed by atoms with E-state index in [1.54, 1.807) is 0 Å². The van der Waals surface area contributed by atoms with E-state index in [2.05, 4.69) is 65.9 Å². The Bertz CT molecular complexity index is 756. The highest BCUT2D eigenvalue weighted by Gasteiger charge is 2.04. The molecule has 2 aromatic heterocycles. The van der Waals surface area contributed by atoms with Crippen molar-refractivity contribution in [2.24, 2.45) is 0 Å². The highest BCUT2D eigenvalue weighted by molar-refractivity contribution is 5.53. The molecule has 0 aliphatic carbocycles. The van der Waals surface area contributed by atoms with Gasteiger partial charge in [0, 0.05) is 18.1 Å². The maximum absolute atomic E-state index is 4.68. The standard InChI is InChI=1S/C17H19N3/c1-12-6-7-16(14(3)9-12)18-10-15-11-20-8-4-5-13(2)17(20)19-15/h4-9,11,18H,10H2,1-3H3. The van der Waals surface area contributed by atoms with Gasteiger partial charge in [0.05, 0.1) is 12.2 Å². The Labute approximate surface area is 119 Å². The molecule has 102 valence electrons. The fourth-order valence-corrected chi connectivity index (χ4v) is 2.49. The quantitative estimate of drug-likeness (QED) is 0.779. The molecular weight excluding hydrogens is 246 g/mol. The number of rotatable bonds is 3. The van der Waals surface area contributed by atoms with Crippen molar-refractivity contribution in [3.63, 3.8) is 0 Å². The molecule has 0 fully saturated rings. The number of anilines is 1. The number of hydrogen-bond donors (Lipinski definition) is 1. The predicted octanol–water partition coefficient (Wildman–Crippen LogP) is 3.87. The van der Waals surface area contributed by atoms with Gasteiger partial charge in [0.25, 0.3) is 0 Å². The first-order valence-corrected chi connectivity index (χ1v) is 6.88. The van der Waals surface area contributed by atoms with Crippen LogP contribution >= 0.6 is 0 Å². The van der Waals surface area contributed by atoms with Gasteiger partial charge in [0.1, 0.15) is 5.65 Å². The molecule has 0 unspecified atom stereocenters. The smallest absolute Gasteiger partial charge is 0.140 e. The van der Waals surface area contributed by atoms with Crippen molar-refractivity contribution in [1.29, 1.82) is 0 Å². The van der Waals surface area contributed by atoms with E-state index in [1.165, 1.54) is 22.4 Å². The van der Waals surface area contributed by atoms with Crippen molar-refractivity contribution < 1.29 is 0 Å². The third-order valence-electron chi connectivity index (χ3n) is 3.57. The number of pyridine rings is 1. The van der Waals surface area contributed by atoms with Gasteiger partial charge in [-0.3, -0.25) is 0 Å². The Morgan fingerprint density at radius 3 is 2.70 bits per heavy atom. The molecule has 3 nitrogen and oxygen atoms in total. The molecular formula is C17H19N3. The molecule has 0 saturated heterocycles. The summed E-state index contributed by atoms with van der Waals surface area (Å²) in [5.74, 6) is 0. The van der Waals surface area contributed by atoms with Gasteiger partial charge in [-0.05, 0) is 44.0 Å². The zero-order valence-electron chi connectivity index (χ0n) is 12.1. The van der Waals surface area contributed by atoms with E-state index in [9.17, 15) is 0 Å². The summed E-state index contributed by atoms with van der Waals surface area (Å²) in [6, 6.07) is 10.6. The lowest BCUT2D eigenvalue weighted by molar-refractivity contribution is 1.07.